The van der Waals surface area contributed by atoms with Crippen molar-refractivity contribution in [3.8, 4) is 0 Å². The Morgan fingerprint density at radius 3 is 2.78 bits per heavy atom. The van der Waals surface area contributed by atoms with E-state index in [1.54, 1.807) is 0 Å². The van der Waals surface area contributed by atoms with Gasteiger partial charge in [0.1, 0.15) is 4.83 Å². The SMILES string of the molecule is CCC1(CC)CC(NCC(Br)C(=O)OC)CCO1. The molecule has 0 aromatic rings. The monoisotopic (exact) mass is 321 g/mol. The van der Waals surface area contributed by atoms with E-state index in [9.17, 15) is 4.79 Å². The van der Waals surface area contributed by atoms with Crippen molar-refractivity contribution in [2.75, 3.05) is 20.3 Å². The van der Waals surface area contributed by atoms with E-state index in [-0.39, 0.29) is 16.4 Å². The topological polar surface area (TPSA) is 47.6 Å². The molecule has 1 aliphatic rings. The number of ether oxygens (including phenoxy) is 2. The van der Waals surface area contributed by atoms with Crippen molar-refractivity contribution in [1.82, 2.24) is 5.32 Å². The van der Waals surface area contributed by atoms with Crippen LogP contribution in [0.15, 0.2) is 0 Å². The third kappa shape index (κ3) is 4.21. The molecule has 5 heteroatoms. The Labute approximate surface area is 118 Å². The molecular formula is C13H24BrNO3. The van der Waals surface area contributed by atoms with E-state index in [0.29, 0.717) is 12.6 Å². The number of alkyl halides is 1. The lowest BCUT2D eigenvalue weighted by Gasteiger charge is -2.40. The van der Waals surface area contributed by atoms with Crippen molar-refractivity contribution in [1.29, 1.82) is 0 Å². The molecule has 0 radical (unpaired) electrons. The number of carbonyl (C=O) groups is 1. The molecule has 0 aromatic heterocycles. The first kappa shape index (κ1) is 15.9. The van der Waals surface area contributed by atoms with Gasteiger partial charge in [-0.1, -0.05) is 29.8 Å². The van der Waals surface area contributed by atoms with Gasteiger partial charge in [-0.25, -0.2) is 0 Å². The van der Waals surface area contributed by atoms with Crippen LogP contribution in [-0.2, 0) is 14.3 Å². The van der Waals surface area contributed by atoms with Gasteiger partial charge in [-0.15, -0.1) is 0 Å². The summed E-state index contributed by atoms with van der Waals surface area (Å²) in [6.07, 6.45) is 4.09. The average Bonchev–Trinajstić information content (AvgIpc) is 2.43. The first-order chi connectivity index (χ1) is 8.56. The van der Waals surface area contributed by atoms with Gasteiger partial charge in [-0.3, -0.25) is 4.79 Å². The Hall–Kier alpha value is -0.130. The minimum absolute atomic E-state index is 0.0169. The summed E-state index contributed by atoms with van der Waals surface area (Å²) in [5, 5.41) is 3.43. The third-order valence-electron chi connectivity index (χ3n) is 3.82. The smallest absolute Gasteiger partial charge is 0.320 e. The number of methoxy groups -OCH3 is 1. The van der Waals surface area contributed by atoms with Gasteiger partial charge in [0.2, 0.25) is 0 Å². The molecule has 0 aromatic carbocycles. The van der Waals surface area contributed by atoms with Gasteiger partial charge in [0.05, 0.1) is 12.7 Å². The molecule has 0 aliphatic carbocycles. The molecule has 1 fully saturated rings. The van der Waals surface area contributed by atoms with Crippen molar-refractivity contribution >= 4 is 21.9 Å². The van der Waals surface area contributed by atoms with Gasteiger partial charge in [-0.05, 0) is 25.7 Å². The summed E-state index contributed by atoms with van der Waals surface area (Å²) >= 11 is 3.32. The molecular weight excluding hydrogens is 298 g/mol. The van der Waals surface area contributed by atoms with Crippen LogP contribution >= 0.6 is 15.9 Å². The zero-order valence-corrected chi connectivity index (χ0v) is 13.1. The summed E-state index contributed by atoms with van der Waals surface area (Å²) < 4.78 is 10.6. The van der Waals surface area contributed by atoms with Gasteiger partial charge in [0, 0.05) is 19.2 Å². The minimum atomic E-state index is -0.275. The van der Waals surface area contributed by atoms with E-state index in [2.05, 4.69) is 39.8 Å². The Morgan fingerprint density at radius 2 is 2.22 bits per heavy atom. The molecule has 1 aliphatic heterocycles. The molecule has 2 atom stereocenters. The Morgan fingerprint density at radius 1 is 1.56 bits per heavy atom. The van der Waals surface area contributed by atoms with E-state index in [1.807, 2.05) is 0 Å². The van der Waals surface area contributed by atoms with Gasteiger partial charge in [0.25, 0.3) is 0 Å². The number of halogens is 1. The van der Waals surface area contributed by atoms with Crippen LogP contribution in [0.3, 0.4) is 0 Å². The van der Waals surface area contributed by atoms with Crippen LogP contribution in [0.1, 0.15) is 39.5 Å². The zero-order chi connectivity index (χ0) is 13.6. The van der Waals surface area contributed by atoms with Crippen LogP contribution in [0.25, 0.3) is 0 Å². The number of nitrogens with one attached hydrogen (secondary N) is 1. The maximum atomic E-state index is 11.3. The fourth-order valence-electron chi connectivity index (χ4n) is 2.43. The summed E-state index contributed by atoms with van der Waals surface area (Å²) in [7, 11) is 1.41. The molecule has 2 unspecified atom stereocenters. The number of hydrogen-bond acceptors (Lipinski definition) is 4. The highest BCUT2D eigenvalue weighted by molar-refractivity contribution is 9.10. The third-order valence-corrected chi connectivity index (χ3v) is 4.52. The predicted octanol–water partition coefficient (Wildman–Crippen LogP) is 2.25. The Kier molecular flexibility index (Phi) is 6.60. The van der Waals surface area contributed by atoms with Crippen molar-refractivity contribution in [2.24, 2.45) is 0 Å². The number of esters is 1. The summed E-state index contributed by atoms with van der Waals surface area (Å²) in [5.74, 6) is -0.230. The summed E-state index contributed by atoms with van der Waals surface area (Å²) in [5.41, 5.74) is 0.0169. The van der Waals surface area contributed by atoms with Crippen LogP contribution in [0, 0.1) is 0 Å². The number of rotatable bonds is 6. The second-order valence-corrected chi connectivity index (χ2v) is 5.93. The van der Waals surface area contributed by atoms with E-state index in [1.165, 1.54) is 7.11 Å². The van der Waals surface area contributed by atoms with Crippen LogP contribution in [-0.4, -0.2) is 42.7 Å². The molecule has 0 spiro atoms. The summed E-state index contributed by atoms with van der Waals surface area (Å²) in [6.45, 7) is 5.74. The molecule has 4 nitrogen and oxygen atoms in total. The van der Waals surface area contributed by atoms with E-state index < -0.39 is 0 Å². The van der Waals surface area contributed by atoms with Crippen molar-refractivity contribution in [2.45, 2.75) is 56.0 Å². The lowest BCUT2D eigenvalue weighted by atomic mass is 9.86. The average molecular weight is 322 g/mol. The lowest BCUT2D eigenvalue weighted by Crippen LogP contribution is -2.48. The fourth-order valence-corrected chi connectivity index (χ4v) is 2.80. The maximum Gasteiger partial charge on any atom is 0.320 e. The van der Waals surface area contributed by atoms with Gasteiger partial charge in [0.15, 0.2) is 0 Å². The molecule has 0 saturated carbocycles. The van der Waals surface area contributed by atoms with Gasteiger partial charge >= 0.3 is 5.97 Å². The number of carbonyl (C=O) groups excluding carboxylic acids is 1. The van der Waals surface area contributed by atoms with Gasteiger partial charge < -0.3 is 14.8 Å². The predicted molar refractivity (Wildman–Crippen MR) is 75.0 cm³/mol. The van der Waals surface area contributed by atoms with Crippen LogP contribution in [0.2, 0.25) is 0 Å². The maximum absolute atomic E-state index is 11.3. The van der Waals surface area contributed by atoms with Crippen LogP contribution in [0.4, 0.5) is 0 Å². The first-order valence-corrected chi connectivity index (χ1v) is 7.57. The standard InChI is InChI=1S/C13H24BrNO3/c1-4-13(5-2)8-10(6-7-18-13)15-9-11(14)12(16)17-3/h10-11,15H,4-9H2,1-3H3. The highest BCUT2D eigenvalue weighted by Gasteiger charge is 2.34. The molecule has 106 valence electrons. The van der Waals surface area contributed by atoms with Crippen molar-refractivity contribution in [3.05, 3.63) is 0 Å². The quantitative estimate of drug-likeness (QED) is 0.602. The van der Waals surface area contributed by atoms with Crippen LogP contribution < -0.4 is 5.32 Å². The molecule has 1 rings (SSSR count). The molecule has 1 saturated heterocycles. The molecule has 0 amide bonds. The Balaban J connectivity index is 2.41. The highest BCUT2D eigenvalue weighted by Crippen LogP contribution is 2.31. The number of hydrogen-bond donors (Lipinski definition) is 1. The minimum Gasteiger partial charge on any atom is -0.468 e. The van der Waals surface area contributed by atoms with Crippen molar-refractivity contribution in [3.63, 3.8) is 0 Å². The first-order valence-electron chi connectivity index (χ1n) is 6.66. The molecule has 0 bridgehead atoms. The fraction of sp³-hybridized carbons (Fsp3) is 0.923. The van der Waals surface area contributed by atoms with E-state index >= 15 is 0 Å². The largest absolute Gasteiger partial charge is 0.468 e. The molecule has 1 heterocycles. The second-order valence-electron chi connectivity index (χ2n) is 4.83. The van der Waals surface area contributed by atoms with E-state index in [4.69, 9.17) is 4.74 Å². The Bertz CT molecular complexity index is 269. The van der Waals surface area contributed by atoms with Gasteiger partial charge in [-0.2, -0.15) is 0 Å². The van der Waals surface area contributed by atoms with Crippen molar-refractivity contribution < 1.29 is 14.3 Å². The van der Waals surface area contributed by atoms with E-state index in [0.717, 1.165) is 32.3 Å². The van der Waals surface area contributed by atoms with Crippen LogP contribution in [0.5, 0.6) is 0 Å². The zero-order valence-electron chi connectivity index (χ0n) is 11.5. The molecule has 18 heavy (non-hydrogen) atoms. The highest BCUT2D eigenvalue weighted by atomic mass is 79.9. The second kappa shape index (κ2) is 7.46. The molecule has 1 N–H and O–H groups in total. The summed E-state index contributed by atoms with van der Waals surface area (Å²) in [6, 6.07) is 0.420. The normalized spacial score (nSPS) is 24.6. The summed E-state index contributed by atoms with van der Waals surface area (Å²) in [4.78, 5) is 11.0. The lowest BCUT2D eigenvalue weighted by molar-refractivity contribution is -0.139.